The van der Waals surface area contributed by atoms with Gasteiger partial charge in [0, 0.05) is 44.4 Å². The molecule has 0 unspecified atom stereocenters. The van der Waals surface area contributed by atoms with Gasteiger partial charge in [0.15, 0.2) is 0 Å². The summed E-state index contributed by atoms with van der Waals surface area (Å²) >= 11 is 0. The summed E-state index contributed by atoms with van der Waals surface area (Å²) in [6.45, 7) is 0. The van der Waals surface area contributed by atoms with E-state index in [9.17, 15) is 0 Å². The second-order valence-electron chi connectivity index (χ2n) is 8.61. The Labute approximate surface area is 212 Å². The van der Waals surface area contributed by atoms with E-state index in [0.29, 0.717) is 0 Å². The largest absolute Gasteiger partial charge is 0.355 e. The molecule has 5 heteroatoms. The minimum atomic E-state index is 0. The Morgan fingerprint density at radius 1 is 0.486 bits per heavy atom. The van der Waals surface area contributed by atoms with E-state index in [1.54, 1.807) is 0 Å². The zero-order valence-electron chi connectivity index (χ0n) is 18.6. The zero-order valence-corrected chi connectivity index (χ0v) is 19.7. The maximum absolute atomic E-state index is 4.82. The van der Waals surface area contributed by atoms with Crippen molar-refractivity contribution in [3.8, 4) is 11.1 Å². The fourth-order valence-electron chi connectivity index (χ4n) is 4.70. The molecule has 1 radical (unpaired) electrons. The first-order chi connectivity index (χ1) is 16.8. The Bertz CT molecular complexity index is 1820. The van der Waals surface area contributed by atoms with Crippen molar-refractivity contribution in [2.75, 3.05) is 0 Å². The van der Waals surface area contributed by atoms with E-state index in [-0.39, 0.29) is 16.8 Å². The summed E-state index contributed by atoms with van der Waals surface area (Å²) in [7, 11) is 0. The summed E-state index contributed by atoms with van der Waals surface area (Å²) in [6, 6.07) is 29.7. The predicted molar refractivity (Wildman–Crippen MR) is 142 cm³/mol. The number of hydrogen-bond donors (Lipinski definition) is 2. The van der Waals surface area contributed by atoms with Gasteiger partial charge in [0.25, 0.3) is 0 Å². The van der Waals surface area contributed by atoms with Crippen LogP contribution in [0.3, 0.4) is 0 Å². The zero-order chi connectivity index (χ0) is 22.5. The van der Waals surface area contributed by atoms with Crippen molar-refractivity contribution in [3.05, 3.63) is 108 Å². The van der Waals surface area contributed by atoms with Crippen molar-refractivity contribution >= 4 is 57.1 Å². The molecule has 5 heterocycles. The van der Waals surface area contributed by atoms with E-state index < -0.39 is 0 Å². The number of nitrogens with zero attached hydrogens (tertiary/aromatic N) is 2. The molecule has 2 N–H and O–H groups in total. The van der Waals surface area contributed by atoms with Crippen LogP contribution in [0, 0.1) is 0 Å². The van der Waals surface area contributed by atoms with Crippen molar-refractivity contribution in [1.82, 2.24) is 19.9 Å². The first-order valence-corrected chi connectivity index (χ1v) is 11.3. The first kappa shape index (κ1) is 21.3. The number of aromatic nitrogens is 4. The Hall–Kier alpha value is -4.19. The first-order valence-electron chi connectivity index (χ1n) is 11.3. The van der Waals surface area contributed by atoms with Crippen LogP contribution in [-0.2, 0) is 16.8 Å². The molecule has 169 valence electrons. The molecule has 0 aliphatic carbocycles. The van der Waals surface area contributed by atoms with E-state index in [2.05, 4.69) is 88.8 Å². The molecule has 0 spiro atoms. The van der Waals surface area contributed by atoms with Gasteiger partial charge in [0.2, 0.25) is 0 Å². The van der Waals surface area contributed by atoms with Gasteiger partial charge in [0.1, 0.15) is 0 Å². The second-order valence-corrected chi connectivity index (χ2v) is 8.61. The maximum atomic E-state index is 4.82. The number of nitrogens with one attached hydrogen (secondary N) is 2. The van der Waals surface area contributed by atoms with Crippen molar-refractivity contribution in [3.63, 3.8) is 0 Å². The monoisotopic (exact) mass is 495 g/mol. The summed E-state index contributed by atoms with van der Waals surface area (Å²) in [5, 5.41) is 2.46. The normalized spacial score (nSPS) is 12.1. The second kappa shape index (κ2) is 8.54. The number of aromatic amines is 2. The van der Waals surface area contributed by atoms with Gasteiger partial charge in [-0.3, -0.25) is 0 Å². The van der Waals surface area contributed by atoms with E-state index in [1.165, 1.54) is 16.3 Å². The topological polar surface area (TPSA) is 57.4 Å². The SMILES string of the molecule is C1=Cc2cc3ccc(cc4cc(-c5cccc6ccccc56)c(cc5nc(cc1n2)C=C5)[nH]4)[nH]3.[Co]. The Kier molecular flexibility index (Phi) is 5.21. The van der Waals surface area contributed by atoms with Crippen LogP contribution in [0.5, 0.6) is 0 Å². The van der Waals surface area contributed by atoms with Crippen molar-refractivity contribution in [1.29, 1.82) is 0 Å². The maximum Gasteiger partial charge on any atom is 0.0659 e. The summed E-state index contributed by atoms with van der Waals surface area (Å²) in [4.78, 5) is 16.6. The van der Waals surface area contributed by atoms with Crippen molar-refractivity contribution in [2.45, 2.75) is 0 Å². The summed E-state index contributed by atoms with van der Waals surface area (Å²) in [6.07, 6.45) is 8.13. The van der Waals surface area contributed by atoms with Crippen LogP contribution in [0.1, 0.15) is 22.8 Å². The van der Waals surface area contributed by atoms with E-state index >= 15 is 0 Å². The average Bonchev–Trinajstić information content (AvgIpc) is 3.64. The third-order valence-corrected chi connectivity index (χ3v) is 6.25. The number of fused-ring (bicyclic) bond motifs is 9. The molecule has 0 fully saturated rings. The van der Waals surface area contributed by atoms with Crippen LogP contribution in [0.2, 0.25) is 0 Å². The van der Waals surface area contributed by atoms with E-state index in [1.807, 2.05) is 30.4 Å². The number of rotatable bonds is 1. The predicted octanol–water partition coefficient (Wildman–Crippen LogP) is 7.47. The Balaban J connectivity index is 0.00000229. The van der Waals surface area contributed by atoms with E-state index in [4.69, 9.17) is 9.97 Å². The minimum Gasteiger partial charge on any atom is -0.355 e. The van der Waals surface area contributed by atoms with Crippen LogP contribution in [0.25, 0.3) is 68.3 Å². The standard InChI is InChI=1S/C30H20N4.Co/c1-2-6-27-19(4-1)5-3-7-28(27)29-17-26-16-24-11-10-22(32-24)14-20-8-9-21(31-20)15-23-12-13-25(33-23)18-30(29)34-26;/h1-18,32,34H;. The minimum absolute atomic E-state index is 0. The number of hydrogen-bond acceptors (Lipinski definition) is 2. The smallest absolute Gasteiger partial charge is 0.0659 e. The molecule has 0 atom stereocenters. The van der Waals surface area contributed by atoms with E-state index in [0.717, 1.165) is 50.4 Å². The molecule has 0 saturated carbocycles. The Morgan fingerprint density at radius 2 is 1.14 bits per heavy atom. The van der Waals surface area contributed by atoms with Gasteiger partial charge < -0.3 is 9.97 Å². The molecule has 2 aliphatic rings. The van der Waals surface area contributed by atoms with Crippen molar-refractivity contribution < 1.29 is 16.8 Å². The molecule has 4 nitrogen and oxygen atoms in total. The molecule has 7 rings (SSSR count). The van der Waals surface area contributed by atoms with Gasteiger partial charge in [-0.15, -0.1) is 0 Å². The fraction of sp³-hybridized carbons (Fsp3) is 0. The molecular formula is C30H20CoN4. The molecule has 0 amide bonds. The fourth-order valence-corrected chi connectivity index (χ4v) is 4.70. The van der Waals surface area contributed by atoms with Gasteiger partial charge in [0.05, 0.1) is 22.8 Å². The van der Waals surface area contributed by atoms with Gasteiger partial charge in [-0.2, -0.15) is 0 Å². The molecule has 3 aromatic heterocycles. The summed E-state index contributed by atoms with van der Waals surface area (Å²) in [5.74, 6) is 0. The van der Waals surface area contributed by atoms with Crippen molar-refractivity contribution in [2.24, 2.45) is 0 Å². The quantitative estimate of drug-likeness (QED) is 0.248. The molecule has 5 aromatic rings. The number of H-pyrrole nitrogens is 2. The van der Waals surface area contributed by atoms with Crippen LogP contribution >= 0.6 is 0 Å². The molecule has 2 aromatic carbocycles. The van der Waals surface area contributed by atoms with Gasteiger partial charge in [-0.05, 0) is 83.1 Å². The van der Waals surface area contributed by atoms with Gasteiger partial charge in [-0.25, -0.2) is 9.97 Å². The Morgan fingerprint density at radius 3 is 1.94 bits per heavy atom. The molecular weight excluding hydrogens is 475 g/mol. The summed E-state index contributed by atoms with van der Waals surface area (Å²) in [5.41, 5.74) is 10.1. The molecule has 8 bridgehead atoms. The molecule has 35 heavy (non-hydrogen) atoms. The van der Waals surface area contributed by atoms with Crippen LogP contribution in [0.4, 0.5) is 0 Å². The third-order valence-electron chi connectivity index (χ3n) is 6.25. The third kappa shape index (κ3) is 4.01. The summed E-state index contributed by atoms with van der Waals surface area (Å²) < 4.78 is 0. The van der Waals surface area contributed by atoms with Crippen LogP contribution in [-0.4, -0.2) is 19.9 Å². The average molecular weight is 495 g/mol. The van der Waals surface area contributed by atoms with Gasteiger partial charge in [-0.1, -0.05) is 42.5 Å². The van der Waals surface area contributed by atoms with Crippen LogP contribution < -0.4 is 0 Å². The number of benzene rings is 2. The molecule has 2 aliphatic heterocycles. The van der Waals surface area contributed by atoms with Gasteiger partial charge >= 0.3 is 0 Å². The van der Waals surface area contributed by atoms with Crippen LogP contribution in [0.15, 0.2) is 84.9 Å². The molecule has 0 saturated heterocycles.